The lowest BCUT2D eigenvalue weighted by molar-refractivity contribution is -0.147. The van der Waals surface area contributed by atoms with Crippen molar-refractivity contribution in [3.63, 3.8) is 0 Å². The predicted octanol–water partition coefficient (Wildman–Crippen LogP) is 4.29. The summed E-state index contributed by atoms with van der Waals surface area (Å²) in [5.41, 5.74) is 2.52. The van der Waals surface area contributed by atoms with Gasteiger partial charge in [0.25, 0.3) is 0 Å². The van der Waals surface area contributed by atoms with Gasteiger partial charge in [0.2, 0.25) is 5.91 Å². The molecule has 0 aliphatic rings. The summed E-state index contributed by atoms with van der Waals surface area (Å²) in [5.74, 6) is -1.12. The van der Waals surface area contributed by atoms with Crippen molar-refractivity contribution in [3.05, 3.63) is 108 Å². The molecular formula is C27H28N2O5. The number of carbonyl (C=O) groups is 3. The van der Waals surface area contributed by atoms with Gasteiger partial charge in [-0.2, -0.15) is 0 Å². The number of amides is 2. The van der Waals surface area contributed by atoms with E-state index in [2.05, 4.69) is 10.6 Å². The Kier molecular flexibility index (Phi) is 9.22. The third kappa shape index (κ3) is 8.09. The van der Waals surface area contributed by atoms with Crippen LogP contribution in [-0.2, 0) is 32.3 Å². The topological polar surface area (TPSA) is 93.7 Å². The van der Waals surface area contributed by atoms with E-state index >= 15 is 0 Å². The molecule has 0 heterocycles. The summed E-state index contributed by atoms with van der Waals surface area (Å²) in [5, 5.41) is 5.34. The molecule has 0 aliphatic heterocycles. The maximum atomic E-state index is 13.0. The van der Waals surface area contributed by atoms with Crippen molar-refractivity contribution < 1.29 is 23.9 Å². The van der Waals surface area contributed by atoms with Crippen molar-refractivity contribution in [2.75, 3.05) is 0 Å². The molecule has 3 rings (SSSR count). The Bertz CT molecular complexity index is 1000. The number of nitrogens with one attached hydrogen (secondary N) is 2. The number of carbonyl (C=O) groups excluding carboxylic acids is 3. The van der Waals surface area contributed by atoms with Crippen LogP contribution in [0.5, 0.6) is 0 Å². The summed E-state index contributed by atoms with van der Waals surface area (Å²) in [4.78, 5) is 37.8. The van der Waals surface area contributed by atoms with Crippen LogP contribution in [-0.4, -0.2) is 24.0 Å². The number of esters is 1. The zero-order chi connectivity index (χ0) is 24.2. The average molecular weight is 461 g/mol. The first-order chi connectivity index (χ1) is 16.5. The molecule has 0 unspecified atom stereocenters. The fourth-order valence-electron chi connectivity index (χ4n) is 3.22. The van der Waals surface area contributed by atoms with E-state index in [-0.39, 0.29) is 25.7 Å². The van der Waals surface area contributed by atoms with Crippen LogP contribution in [0.3, 0.4) is 0 Å². The number of ether oxygens (including phenoxy) is 2. The summed E-state index contributed by atoms with van der Waals surface area (Å²) >= 11 is 0. The first kappa shape index (κ1) is 24.5. The number of alkyl carbamates (subject to hydrolysis) is 1. The minimum absolute atomic E-state index is 0.0416. The molecule has 3 aromatic carbocycles. The van der Waals surface area contributed by atoms with E-state index in [0.29, 0.717) is 0 Å². The molecular weight excluding hydrogens is 432 g/mol. The standard InChI is InChI=1S/C27H28N2O5/c1-20(23-15-9-4-10-16-23)28-26(31)24(17-25(30)33-18-21-11-5-2-6-12-21)29-27(32)34-19-22-13-7-3-8-14-22/h2-16,20,24H,17-19H2,1H3,(H,28,31)(H,29,32)/t20-,24+/m0/s1. The van der Waals surface area contributed by atoms with E-state index in [1.807, 2.05) is 97.9 Å². The third-order valence-electron chi connectivity index (χ3n) is 5.09. The number of benzene rings is 3. The Morgan fingerprint density at radius 2 is 1.21 bits per heavy atom. The Labute approximate surface area is 199 Å². The normalized spacial score (nSPS) is 12.1. The van der Waals surface area contributed by atoms with Crippen LogP contribution in [0.15, 0.2) is 91.0 Å². The minimum Gasteiger partial charge on any atom is -0.461 e. The Morgan fingerprint density at radius 3 is 1.76 bits per heavy atom. The molecule has 3 aromatic rings. The van der Waals surface area contributed by atoms with Crippen LogP contribution < -0.4 is 10.6 Å². The number of hydrogen-bond donors (Lipinski definition) is 2. The largest absolute Gasteiger partial charge is 0.461 e. The van der Waals surface area contributed by atoms with Crippen molar-refractivity contribution in [2.24, 2.45) is 0 Å². The molecule has 0 radical (unpaired) electrons. The second-order valence-corrected chi connectivity index (χ2v) is 7.75. The fourth-order valence-corrected chi connectivity index (χ4v) is 3.22. The van der Waals surface area contributed by atoms with Gasteiger partial charge in [0, 0.05) is 0 Å². The molecule has 2 atom stereocenters. The van der Waals surface area contributed by atoms with Gasteiger partial charge in [-0.05, 0) is 23.6 Å². The van der Waals surface area contributed by atoms with Gasteiger partial charge in [-0.3, -0.25) is 9.59 Å². The molecule has 7 heteroatoms. The van der Waals surface area contributed by atoms with E-state index in [0.717, 1.165) is 16.7 Å². The van der Waals surface area contributed by atoms with Gasteiger partial charge in [-0.15, -0.1) is 0 Å². The smallest absolute Gasteiger partial charge is 0.408 e. The minimum atomic E-state index is -1.15. The summed E-state index contributed by atoms with van der Waals surface area (Å²) in [7, 11) is 0. The van der Waals surface area contributed by atoms with Gasteiger partial charge in [-0.25, -0.2) is 4.79 Å². The monoisotopic (exact) mass is 460 g/mol. The molecule has 0 aliphatic carbocycles. The molecule has 0 fully saturated rings. The van der Waals surface area contributed by atoms with Crippen molar-refractivity contribution in [1.82, 2.24) is 10.6 Å². The lowest BCUT2D eigenvalue weighted by Gasteiger charge is -2.21. The Hall–Kier alpha value is -4.13. The first-order valence-corrected chi connectivity index (χ1v) is 11.0. The van der Waals surface area contributed by atoms with Gasteiger partial charge in [0.15, 0.2) is 0 Å². The lowest BCUT2D eigenvalue weighted by atomic mass is 10.1. The molecule has 0 saturated heterocycles. The highest BCUT2D eigenvalue weighted by Crippen LogP contribution is 2.12. The summed E-state index contributed by atoms with van der Waals surface area (Å²) in [6.45, 7) is 1.94. The van der Waals surface area contributed by atoms with Crippen molar-refractivity contribution in [3.8, 4) is 0 Å². The van der Waals surface area contributed by atoms with Crippen LogP contribution in [0.2, 0.25) is 0 Å². The molecule has 176 valence electrons. The summed E-state index contributed by atoms with van der Waals surface area (Å²) in [6.07, 6.45) is -1.13. The average Bonchev–Trinajstić information content (AvgIpc) is 2.87. The van der Waals surface area contributed by atoms with Crippen molar-refractivity contribution in [2.45, 2.75) is 38.6 Å². The van der Waals surface area contributed by atoms with E-state index in [1.54, 1.807) is 0 Å². The van der Waals surface area contributed by atoms with Gasteiger partial charge in [-0.1, -0.05) is 91.0 Å². The van der Waals surface area contributed by atoms with Crippen LogP contribution in [0, 0.1) is 0 Å². The molecule has 0 aromatic heterocycles. The van der Waals surface area contributed by atoms with Crippen molar-refractivity contribution in [1.29, 1.82) is 0 Å². The highest BCUT2D eigenvalue weighted by atomic mass is 16.5. The quantitative estimate of drug-likeness (QED) is 0.440. The van der Waals surface area contributed by atoms with Crippen molar-refractivity contribution >= 4 is 18.0 Å². The molecule has 7 nitrogen and oxygen atoms in total. The molecule has 2 N–H and O–H groups in total. The molecule has 34 heavy (non-hydrogen) atoms. The molecule has 0 spiro atoms. The highest BCUT2D eigenvalue weighted by Gasteiger charge is 2.26. The van der Waals surface area contributed by atoms with Crippen LogP contribution in [0.1, 0.15) is 36.1 Å². The molecule has 2 amide bonds. The molecule has 0 bridgehead atoms. The lowest BCUT2D eigenvalue weighted by Crippen LogP contribution is -2.48. The van der Waals surface area contributed by atoms with Gasteiger partial charge >= 0.3 is 12.1 Å². The Balaban J connectivity index is 1.61. The van der Waals surface area contributed by atoms with E-state index in [1.165, 1.54) is 0 Å². The van der Waals surface area contributed by atoms with Crippen LogP contribution in [0.4, 0.5) is 4.79 Å². The number of rotatable bonds is 10. The van der Waals surface area contributed by atoms with Gasteiger partial charge in [0.05, 0.1) is 12.5 Å². The van der Waals surface area contributed by atoms with Gasteiger partial charge in [0.1, 0.15) is 19.3 Å². The second-order valence-electron chi connectivity index (χ2n) is 7.75. The first-order valence-electron chi connectivity index (χ1n) is 11.0. The van der Waals surface area contributed by atoms with Crippen LogP contribution in [0.25, 0.3) is 0 Å². The van der Waals surface area contributed by atoms with E-state index < -0.39 is 24.0 Å². The maximum absolute atomic E-state index is 13.0. The molecule has 0 saturated carbocycles. The van der Waals surface area contributed by atoms with Crippen LogP contribution >= 0.6 is 0 Å². The number of hydrogen-bond acceptors (Lipinski definition) is 5. The zero-order valence-electron chi connectivity index (χ0n) is 19.0. The Morgan fingerprint density at radius 1 is 0.706 bits per heavy atom. The maximum Gasteiger partial charge on any atom is 0.408 e. The predicted molar refractivity (Wildman–Crippen MR) is 127 cm³/mol. The zero-order valence-corrected chi connectivity index (χ0v) is 19.0. The SMILES string of the molecule is C[C@H](NC(=O)[C@@H](CC(=O)OCc1ccccc1)NC(=O)OCc1ccccc1)c1ccccc1. The summed E-state index contributed by atoms with van der Waals surface area (Å²) in [6, 6.07) is 26.3. The highest BCUT2D eigenvalue weighted by molar-refractivity contribution is 5.89. The third-order valence-corrected chi connectivity index (χ3v) is 5.09. The second kappa shape index (κ2) is 12.8. The summed E-state index contributed by atoms with van der Waals surface area (Å²) < 4.78 is 10.5. The van der Waals surface area contributed by atoms with Gasteiger partial charge < -0.3 is 20.1 Å². The van der Waals surface area contributed by atoms with E-state index in [9.17, 15) is 14.4 Å². The fraction of sp³-hybridized carbons (Fsp3) is 0.222. The van der Waals surface area contributed by atoms with E-state index in [4.69, 9.17) is 9.47 Å².